The Bertz CT molecular complexity index is 4850. The number of fused-ring (bicyclic) bond motifs is 2. The molecule has 3 aromatic carbocycles. The first kappa shape index (κ1) is 106. The van der Waals surface area contributed by atoms with Crippen molar-refractivity contribution in [1.29, 1.82) is 0 Å². The van der Waals surface area contributed by atoms with Crippen LogP contribution in [0.4, 0.5) is 0 Å². The van der Waals surface area contributed by atoms with Gasteiger partial charge in [0.2, 0.25) is 94.5 Å². The molecule has 0 saturated carbocycles. The highest BCUT2D eigenvalue weighted by Gasteiger charge is 2.45. The molecule has 42 nitrogen and oxygen atoms in total. The van der Waals surface area contributed by atoms with E-state index in [-0.39, 0.29) is 103 Å². The number of nitrogens with one attached hydrogen (secondary N) is 10. The number of aromatic hydroxyl groups is 1. The lowest BCUT2D eigenvalue weighted by Crippen LogP contribution is -2.61. The number of phenols is 1. The third-order valence-corrected chi connectivity index (χ3v) is 25.1. The molecule has 0 spiro atoms. The van der Waals surface area contributed by atoms with E-state index in [1.807, 2.05) is 67.8 Å². The average Bonchev–Trinajstić information content (AvgIpc) is 1.20. The Morgan fingerprint density at radius 1 is 0.588 bits per heavy atom. The van der Waals surface area contributed by atoms with Gasteiger partial charge in [0.1, 0.15) is 84.5 Å². The van der Waals surface area contributed by atoms with Gasteiger partial charge in [0.05, 0.1) is 36.9 Å². The largest absolute Gasteiger partial charge is 0.508 e. The molecule has 0 radical (unpaired) electrons. The lowest BCUT2D eigenvalue weighted by Gasteiger charge is -2.36. The van der Waals surface area contributed by atoms with Crippen LogP contribution in [0, 0.1) is 0 Å². The number of hydrogen-bond donors (Lipinski definition) is 19. The van der Waals surface area contributed by atoms with Crippen LogP contribution in [0.25, 0.3) is 21.0 Å². The van der Waals surface area contributed by atoms with Crippen LogP contribution in [0.3, 0.4) is 0 Å². The van der Waals surface area contributed by atoms with Gasteiger partial charge >= 0.3 is 5.97 Å². The number of aromatic nitrogens is 1. The van der Waals surface area contributed by atoms with E-state index in [9.17, 15) is 87.2 Å². The molecule has 7 rings (SSSR count). The Hall–Kier alpha value is -12.2. The minimum Gasteiger partial charge on any atom is -0.508 e. The second kappa shape index (κ2) is 52.0. The Morgan fingerprint density at radius 2 is 1.18 bits per heavy atom. The van der Waals surface area contributed by atoms with Gasteiger partial charge in [-0.3, -0.25) is 81.5 Å². The van der Waals surface area contributed by atoms with E-state index in [1.54, 1.807) is 6.20 Å². The number of hydrogen-bond acceptors (Lipinski definition) is 26. The van der Waals surface area contributed by atoms with Crippen molar-refractivity contribution in [2.24, 2.45) is 34.4 Å². The van der Waals surface area contributed by atoms with Gasteiger partial charge in [-0.05, 0) is 130 Å². The number of amides is 16. The van der Waals surface area contributed by atoms with Crippen molar-refractivity contribution in [2.75, 3.05) is 71.9 Å². The molecule has 2 aliphatic rings. The molecule has 25 N–H and O–H groups in total. The van der Waals surface area contributed by atoms with Gasteiger partial charge in [0, 0.05) is 94.0 Å². The van der Waals surface area contributed by atoms with E-state index >= 15 is 14.4 Å². The SMILES string of the molecule is CCCC[C@@H](C(=O)N(C)[C@@H](CCCC)C(=O)N[C@@H](CCCN)C(=O)N[C@@H](CSCC(=O)N[C@@H](Cc1ccc(O)cc1)C(=O)N(C)[C@@H](C)C(=O)N[C@@H](CC(N)=O)C(=O)N1CCC[C@H]1C(=O)N[C@@H](CN)C(=O)N[C@@H](CCC(=O)O)C(=O)N1C[C@H](O)C[C@H]1C=O)C(=O)NCC(N)=O)N(C)C(=O)[C@H](Cc1csc2ccccc12)NC(=O)[C@H](CCN)NC(=O)[C@@H](N)Cc1c[nH]c2ccccc12. The van der Waals surface area contributed by atoms with Gasteiger partial charge in [-0.15, -0.1) is 23.1 Å². The number of thiophene rings is 1. The topological polar surface area (TPSA) is 664 Å². The Kier molecular flexibility index (Phi) is 42.0. The number of likely N-dealkylation sites (tertiary alicyclic amines) is 2. The van der Waals surface area contributed by atoms with Crippen molar-refractivity contribution < 1.29 is 102 Å². The third kappa shape index (κ3) is 30.7. The fourth-order valence-electron chi connectivity index (χ4n) is 15.5. The molecular formula is C87H125N21O21S2. The zero-order valence-corrected chi connectivity index (χ0v) is 76.0. The number of para-hydroxylation sites is 1. The van der Waals surface area contributed by atoms with E-state index in [2.05, 4.69) is 52.8 Å². The summed E-state index contributed by atoms with van der Waals surface area (Å²) >= 11 is 2.20. The smallest absolute Gasteiger partial charge is 0.303 e. The third-order valence-electron chi connectivity index (χ3n) is 23.0. The molecule has 0 aliphatic carbocycles. The summed E-state index contributed by atoms with van der Waals surface area (Å²) in [5, 5.41) is 56.6. The first-order valence-electron chi connectivity index (χ1n) is 43.6. The fraction of sp³-hybridized carbons (Fsp3) is 0.540. The number of rotatable bonds is 54. The molecule has 0 unspecified atom stereocenters. The Morgan fingerprint density at radius 3 is 1.82 bits per heavy atom. The maximum Gasteiger partial charge on any atom is 0.303 e. The summed E-state index contributed by atoms with van der Waals surface area (Å²) in [5.74, 6) is -16.6. The summed E-state index contributed by atoms with van der Waals surface area (Å²) in [6.07, 6.45) is 1.08. The molecular weight excluding hydrogens is 1740 g/mol. The predicted octanol–water partition coefficient (Wildman–Crippen LogP) is -3.52. The lowest BCUT2D eigenvalue weighted by atomic mass is 9.99. The lowest BCUT2D eigenvalue weighted by molar-refractivity contribution is -0.149. The molecule has 0 bridgehead atoms. The standard InChI is InChI=1S/C87H125N21O21S2/c1-7-9-21-67(105(5)87(129)69(22-10-8-2)106(6)84(126)63(37-51-45-131-70-24-14-12-18-56(51)70)101-79(121)60(31-33-89)97-76(118)57(91)36-50-41-94-58-19-13-11-17-55(50)58)81(123)98-59(20-15-32-88)78(120)103-66(77(119)95-42-72(93)113)46-130-47-73(114)96-62(35-49-25-27-53(110)28-26-49)83(125)104(4)48(3)75(117)100-64(39-71(92)112)86(128)107-34-16-23-68(107)82(124)102-65(40-90)80(122)99-61(29-30-74(115)116)85(127)108-43-54(111)38-52(108)44-109/h11-14,17-19,24-28,41,44-45,48,52,54,57,59-69,94,110-111H,7-10,15-16,20-23,29-40,42-43,46-47,88-91H2,1-6H3,(H2,92,112)(H2,93,113)(H,95,119)(H,96,114)(H,97,118)(H,98,123)(H,99,122)(H,100,117)(H,101,121)(H,102,124)(H,103,120)(H,115,116)/t48-,52-,54+,57-,59-,60-,61-,62-,63-,64-,65-,66-,67-,68-,69-/m0/s1. The number of benzene rings is 3. The number of aliphatic carboxylic acids is 1. The number of carboxylic acid groups (broad SMARTS) is 1. The maximum atomic E-state index is 15.4. The number of phenolic OH excluding ortho intramolecular Hbond substituents is 1. The van der Waals surface area contributed by atoms with E-state index in [4.69, 9.17) is 34.4 Å². The Labute approximate surface area is 766 Å². The van der Waals surface area contributed by atoms with Gasteiger partial charge in [-0.1, -0.05) is 88.1 Å². The number of primary amides is 2. The molecule has 5 aromatic rings. The Balaban J connectivity index is 1.03. The summed E-state index contributed by atoms with van der Waals surface area (Å²) < 4.78 is 0.904. The number of nitrogens with zero attached hydrogens (tertiary/aromatic N) is 5. The zero-order valence-electron chi connectivity index (χ0n) is 74.4. The summed E-state index contributed by atoms with van der Waals surface area (Å²) in [6.45, 7) is 3.27. The van der Waals surface area contributed by atoms with Crippen molar-refractivity contribution >= 4 is 151 Å². The molecule has 2 fully saturated rings. The average molecular weight is 1870 g/mol. The van der Waals surface area contributed by atoms with Crippen molar-refractivity contribution in [1.82, 2.24) is 77.3 Å². The van der Waals surface area contributed by atoms with Gasteiger partial charge in [0.25, 0.3) is 0 Å². The number of H-pyrrole nitrogens is 1. The van der Waals surface area contributed by atoms with Gasteiger partial charge in [-0.2, -0.15) is 0 Å². The number of carbonyl (C=O) groups is 18. The number of nitrogens with two attached hydrogens (primary N) is 6. The first-order chi connectivity index (χ1) is 62.4. The van der Waals surface area contributed by atoms with Crippen LogP contribution in [0.15, 0.2) is 84.4 Å². The van der Waals surface area contributed by atoms with Crippen LogP contribution < -0.4 is 82.3 Å². The quantitative estimate of drug-likeness (QED) is 0.0168. The highest BCUT2D eigenvalue weighted by atomic mass is 32.2. The summed E-state index contributed by atoms with van der Waals surface area (Å²) in [4.78, 5) is 259. The molecule has 16 amide bonds. The number of aldehydes is 1. The summed E-state index contributed by atoms with van der Waals surface area (Å²) in [5.41, 5.74) is 38.2. The number of β-amino-alcohol motifs (C(OH)–C–C–N with tert-alkyl or cyclic N) is 1. The molecule has 44 heteroatoms. The number of carboxylic acids is 1. The number of aliphatic hydroxyl groups excluding tert-OH is 1. The first-order valence-corrected chi connectivity index (χ1v) is 45.7. The predicted molar refractivity (Wildman–Crippen MR) is 485 cm³/mol. The van der Waals surface area contributed by atoms with E-state index < -0.39 is 235 Å². The molecule has 15 atom stereocenters. The van der Waals surface area contributed by atoms with Crippen LogP contribution in [-0.2, 0) is 106 Å². The van der Waals surface area contributed by atoms with Gasteiger partial charge in [0.15, 0.2) is 0 Å². The molecule has 131 heavy (non-hydrogen) atoms. The molecule has 716 valence electrons. The normalized spacial score (nSPS) is 16.9. The van der Waals surface area contributed by atoms with E-state index in [1.165, 1.54) is 73.5 Å². The second-order valence-corrected chi connectivity index (χ2v) is 34.7. The molecule has 2 aromatic heterocycles. The minimum absolute atomic E-state index is 0.0127. The van der Waals surface area contributed by atoms with Crippen molar-refractivity contribution in [3.63, 3.8) is 0 Å². The monoisotopic (exact) mass is 1860 g/mol. The number of aromatic amines is 1. The van der Waals surface area contributed by atoms with Crippen molar-refractivity contribution in [3.05, 3.63) is 101 Å². The van der Waals surface area contributed by atoms with Crippen LogP contribution in [0.5, 0.6) is 5.75 Å². The van der Waals surface area contributed by atoms with Gasteiger partial charge < -0.3 is 132 Å². The van der Waals surface area contributed by atoms with Gasteiger partial charge in [-0.25, -0.2) is 0 Å². The number of carbonyl (C=O) groups excluding carboxylic acids is 17. The molecule has 2 saturated heterocycles. The number of unbranched alkanes of at least 4 members (excludes halogenated alkanes) is 2. The van der Waals surface area contributed by atoms with E-state index in [0.29, 0.717) is 43.1 Å². The molecule has 2 aliphatic heterocycles. The van der Waals surface area contributed by atoms with Crippen LogP contribution in [-0.4, -0.2) is 314 Å². The van der Waals surface area contributed by atoms with Crippen LogP contribution >= 0.6 is 23.1 Å². The fourth-order valence-corrected chi connectivity index (χ4v) is 17.3. The zero-order chi connectivity index (χ0) is 96.5. The highest BCUT2D eigenvalue weighted by Crippen LogP contribution is 2.29. The number of likely N-dealkylation sites (N-methyl/N-ethyl adjacent to an activating group) is 3. The van der Waals surface area contributed by atoms with E-state index in [0.717, 1.165) is 53.0 Å². The van der Waals surface area contributed by atoms with Crippen molar-refractivity contribution in [2.45, 2.75) is 227 Å². The van der Waals surface area contributed by atoms with Crippen molar-refractivity contribution in [3.8, 4) is 5.75 Å². The number of aliphatic hydroxyl groups is 1. The second-order valence-electron chi connectivity index (χ2n) is 32.7. The highest BCUT2D eigenvalue weighted by molar-refractivity contribution is 8.00. The number of thioether (sulfide) groups is 1. The maximum absolute atomic E-state index is 15.4. The van der Waals surface area contributed by atoms with Crippen LogP contribution in [0.1, 0.15) is 134 Å². The summed E-state index contributed by atoms with van der Waals surface area (Å²) in [6, 6.07) is 0.861. The summed E-state index contributed by atoms with van der Waals surface area (Å²) in [7, 11) is 4.02. The molecule has 4 heterocycles. The van der Waals surface area contributed by atoms with Crippen LogP contribution in [0.2, 0.25) is 0 Å². The minimum atomic E-state index is -1.77.